The highest BCUT2D eigenvalue weighted by Gasteiger charge is 2.33. The quantitative estimate of drug-likeness (QED) is 0.398. The zero-order valence-electron chi connectivity index (χ0n) is 14.4. The summed E-state index contributed by atoms with van der Waals surface area (Å²) in [6.45, 7) is 0.162. The summed E-state index contributed by atoms with van der Waals surface area (Å²) in [6.07, 6.45) is -0.503. The molecule has 1 saturated heterocycles. The Bertz CT molecular complexity index is 1100. The van der Waals surface area contributed by atoms with Gasteiger partial charge in [0.2, 0.25) is 0 Å². The van der Waals surface area contributed by atoms with E-state index >= 15 is 0 Å². The van der Waals surface area contributed by atoms with Crippen LogP contribution in [0.4, 0.5) is 13.2 Å². The molecule has 29 heavy (non-hydrogen) atoms. The predicted octanol–water partition coefficient (Wildman–Crippen LogP) is 5.56. The van der Waals surface area contributed by atoms with Crippen molar-refractivity contribution in [3.05, 3.63) is 76.8 Å². The van der Waals surface area contributed by atoms with E-state index in [4.69, 9.17) is 21.1 Å². The lowest BCUT2D eigenvalue weighted by molar-refractivity contribution is -0.137. The van der Waals surface area contributed by atoms with E-state index in [0.717, 1.165) is 23.9 Å². The van der Waals surface area contributed by atoms with Crippen LogP contribution in [0, 0.1) is 12.3 Å². The highest BCUT2D eigenvalue weighted by atomic mass is 32.2. The number of carbonyl (C=O) groups is 1. The van der Waals surface area contributed by atoms with Crippen molar-refractivity contribution in [3.8, 4) is 11.3 Å². The summed E-state index contributed by atoms with van der Waals surface area (Å²) in [7, 11) is 0. The molecule has 4 nitrogen and oxygen atoms in total. The monoisotopic (exact) mass is 433 g/mol. The molecular weight excluding hydrogens is 423 g/mol. The Morgan fingerprint density at radius 1 is 1.24 bits per heavy atom. The Balaban J connectivity index is 1.55. The molecule has 1 aromatic carbocycles. The minimum Gasteiger partial charge on any atom is -0.457 e. The second-order valence-electron chi connectivity index (χ2n) is 6.01. The normalized spacial score (nSPS) is 16.0. The highest BCUT2D eigenvalue weighted by Crippen LogP contribution is 2.35. The van der Waals surface area contributed by atoms with E-state index in [0.29, 0.717) is 20.7 Å². The number of halogens is 3. The average molecular weight is 433 g/mol. The van der Waals surface area contributed by atoms with Crippen molar-refractivity contribution in [2.45, 2.75) is 12.7 Å². The van der Waals surface area contributed by atoms with Gasteiger partial charge in [-0.3, -0.25) is 9.69 Å². The Morgan fingerprint density at radius 3 is 2.79 bits per heavy atom. The van der Waals surface area contributed by atoms with Crippen LogP contribution in [-0.4, -0.2) is 15.1 Å². The van der Waals surface area contributed by atoms with Crippen LogP contribution in [0.2, 0.25) is 0 Å². The van der Waals surface area contributed by atoms with Crippen molar-refractivity contribution in [2.75, 3.05) is 0 Å². The van der Waals surface area contributed by atoms with Gasteiger partial charge in [-0.1, -0.05) is 36.1 Å². The third-order valence-corrected chi connectivity index (χ3v) is 5.41. The van der Waals surface area contributed by atoms with Crippen LogP contribution in [0.15, 0.2) is 56.2 Å². The summed E-state index contributed by atoms with van der Waals surface area (Å²) in [4.78, 5) is 14.3. The predicted molar refractivity (Wildman–Crippen MR) is 104 cm³/mol. The van der Waals surface area contributed by atoms with Crippen LogP contribution in [0.3, 0.4) is 0 Å². The van der Waals surface area contributed by atoms with E-state index in [-0.39, 0.29) is 23.8 Å². The molecule has 0 spiro atoms. The second-order valence-corrected chi connectivity index (χ2v) is 7.68. The van der Waals surface area contributed by atoms with Crippen molar-refractivity contribution < 1.29 is 26.8 Å². The van der Waals surface area contributed by atoms with Gasteiger partial charge in [-0.2, -0.15) is 13.2 Å². The van der Waals surface area contributed by atoms with Gasteiger partial charge >= 0.3 is 6.18 Å². The topological polar surface area (TPSA) is 46.6 Å². The first kappa shape index (κ1) is 19.4. The standard InChI is InChI=1S/C20H10F3NO3S2/c21-20(22,23)13-4-1-3-12(9-13)16-7-6-14(27-16)10-17-18(25)24(19(28)29-17)11-15-5-2-8-26-15/h1,3-7,9-10H,11H2/b17-10-. The fraction of sp³-hybridized carbons (Fsp3) is 0.100. The Kier molecular flexibility index (Phi) is 4.98. The largest absolute Gasteiger partial charge is 0.457 e. The minimum atomic E-state index is -4.44. The van der Waals surface area contributed by atoms with Gasteiger partial charge in [0.25, 0.3) is 5.91 Å². The molecule has 0 atom stereocenters. The molecular formula is C20H10F3NO3S2. The van der Waals surface area contributed by atoms with Crippen LogP contribution >= 0.6 is 24.0 Å². The summed E-state index contributed by atoms with van der Waals surface area (Å²) in [6, 6.07) is 12.2. The van der Waals surface area contributed by atoms with E-state index in [1.165, 1.54) is 23.1 Å². The van der Waals surface area contributed by atoms with Crippen LogP contribution in [0.1, 0.15) is 17.1 Å². The lowest BCUT2D eigenvalue weighted by atomic mass is 10.1. The number of carbonyl (C=O) groups excluding carboxylic acids is 1. The number of amides is 1. The van der Waals surface area contributed by atoms with Crippen molar-refractivity contribution in [3.63, 3.8) is 0 Å². The summed E-state index contributed by atoms with van der Waals surface area (Å²) < 4.78 is 49.8. The molecule has 2 aromatic heterocycles. The molecule has 0 saturated carbocycles. The van der Waals surface area contributed by atoms with Gasteiger partial charge in [0, 0.05) is 17.7 Å². The molecule has 0 aliphatic carbocycles. The van der Waals surface area contributed by atoms with Gasteiger partial charge in [0.05, 0.1) is 17.0 Å². The maximum absolute atomic E-state index is 12.9. The number of rotatable bonds is 4. The molecule has 9 heteroatoms. The van der Waals surface area contributed by atoms with E-state index in [1.807, 2.05) is 0 Å². The first-order chi connectivity index (χ1) is 13.8. The Morgan fingerprint density at radius 2 is 2.07 bits per heavy atom. The minimum absolute atomic E-state index is 0.162. The second kappa shape index (κ2) is 7.46. The van der Waals surface area contributed by atoms with Gasteiger partial charge < -0.3 is 8.83 Å². The van der Waals surface area contributed by atoms with E-state index in [9.17, 15) is 18.0 Å². The van der Waals surface area contributed by atoms with E-state index < -0.39 is 11.7 Å². The molecule has 0 unspecified atom stereocenters. The highest BCUT2D eigenvalue weighted by molar-refractivity contribution is 8.26. The van der Waals surface area contributed by atoms with Gasteiger partial charge in [0.1, 0.15) is 27.9 Å². The van der Waals surface area contributed by atoms with Crippen molar-refractivity contribution >= 4 is 40.3 Å². The molecule has 1 fully saturated rings. The molecule has 3 heterocycles. The summed E-state index contributed by atoms with van der Waals surface area (Å²) in [5, 5.41) is 0. The molecule has 0 bridgehead atoms. The maximum Gasteiger partial charge on any atom is 0.416 e. The number of nitrogens with zero attached hydrogens (tertiary/aromatic N) is 1. The molecule has 1 amide bonds. The third-order valence-electron chi connectivity index (χ3n) is 4.04. The van der Waals surface area contributed by atoms with Crippen LogP contribution in [0.25, 0.3) is 17.4 Å². The van der Waals surface area contributed by atoms with Gasteiger partial charge in [0.15, 0.2) is 0 Å². The fourth-order valence-electron chi connectivity index (χ4n) is 2.67. The number of furan rings is 1. The summed E-state index contributed by atoms with van der Waals surface area (Å²) in [5.74, 6) is 0.776. The molecule has 1 aliphatic rings. The molecule has 1 aliphatic heterocycles. The average Bonchev–Trinajstić information content (AvgIpc) is 3.40. The lowest BCUT2D eigenvalue weighted by Crippen LogP contribution is -2.27. The fourth-order valence-corrected chi connectivity index (χ4v) is 3.90. The number of thiocarbonyl (C=S) groups is 1. The van der Waals surface area contributed by atoms with E-state index in [1.54, 1.807) is 18.2 Å². The number of benzene rings is 1. The van der Waals surface area contributed by atoms with Crippen molar-refractivity contribution in [1.82, 2.24) is 4.90 Å². The Labute approximate surface area is 173 Å². The summed E-state index contributed by atoms with van der Waals surface area (Å²) in [5.41, 5.74) is -0.474. The van der Waals surface area contributed by atoms with Crippen LogP contribution in [-0.2, 0) is 17.5 Å². The molecule has 0 radical (unpaired) electrons. The zero-order valence-corrected chi connectivity index (χ0v) is 16.1. The first-order valence-corrected chi connectivity index (χ1v) is 9.43. The summed E-state index contributed by atoms with van der Waals surface area (Å²) >= 11 is 6.35. The van der Waals surface area contributed by atoms with E-state index in [2.05, 4.69) is 12.3 Å². The van der Waals surface area contributed by atoms with Gasteiger partial charge in [-0.05, 0) is 30.3 Å². The van der Waals surface area contributed by atoms with Gasteiger partial charge in [-0.15, -0.1) is 0 Å². The maximum atomic E-state index is 12.9. The third kappa shape index (κ3) is 4.09. The number of hydrogen-bond donors (Lipinski definition) is 0. The van der Waals surface area contributed by atoms with Gasteiger partial charge in [-0.25, -0.2) is 0 Å². The first-order valence-electron chi connectivity index (χ1n) is 8.20. The van der Waals surface area contributed by atoms with Crippen LogP contribution < -0.4 is 0 Å². The molecule has 0 N–H and O–H groups in total. The number of alkyl halides is 3. The molecule has 3 aromatic rings. The smallest absolute Gasteiger partial charge is 0.416 e. The lowest BCUT2D eigenvalue weighted by Gasteiger charge is -2.11. The Hall–Kier alpha value is -2.96. The molecule has 146 valence electrons. The zero-order chi connectivity index (χ0) is 20.6. The SMILES string of the molecule is O=C1/C(=C/c2ccc(-c3cccc(C(F)(F)F)c3)o2)SC(=S)N1Cc1cc#co1. The molecule has 4 rings (SSSR count). The van der Waals surface area contributed by atoms with Crippen molar-refractivity contribution in [1.29, 1.82) is 0 Å². The number of hydrogen-bond acceptors (Lipinski definition) is 5. The van der Waals surface area contributed by atoms with Crippen molar-refractivity contribution in [2.24, 2.45) is 0 Å². The number of thioether (sulfide) groups is 1. The van der Waals surface area contributed by atoms with Crippen LogP contribution in [0.5, 0.6) is 0 Å².